The van der Waals surface area contributed by atoms with Crippen molar-refractivity contribution < 1.29 is 23.5 Å². The zero-order valence-corrected chi connectivity index (χ0v) is 28.0. The highest BCUT2D eigenvalue weighted by Gasteiger charge is 2.26. The van der Waals surface area contributed by atoms with Crippen molar-refractivity contribution in [2.45, 2.75) is 83.9 Å². The largest absolute Gasteiger partial charge is 0.390 e. The second-order valence-corrected chi connectivity index (χ2v) is 12.6. The summed E-state index contributed by atoms with van der Waals surface area (Å²) in [5, 5.41) is 21.0. The Bertz CT molecular complexity index is 1450. The molecule has 0 saturated carbocycles. The van der Waals surface area contributed by atoms with Crippen LogP contribution >= 0.6 is 0 Å². The van der Waals surface area contributed by atoms with Crippen molar-refractivity contribution in [2.75, 3.05) is 32.7 Å². The van der Waals surface area contributed by atoms with Crippen LogP contribution in [0.4, 0.5) is 8.78 Å². The molecule has 0 spiro atoms. The molecule has 1 unspecified atom stereocenters. The van der Waals surface area contributed by atoms with E-state index in [1.165, 1.54) is 17.7 Å². The van der Waals surface area contributed by atoms with Gasteiger partial charge in [-0.15, -0.1) is 0 Å². The van der Waals surface area contributed by atoms with Crippen LogP contribution in [0, 0.1) is 11.6 Å². The van der Waals surface area contributed by atoms with Gasteiger partial charge in [-0.05, 0) is 104 Å². The van der Waals surface area contributed by atoms with Gasteiger partial charge in [0.05, 0.1) is 12.1 Å². The third-order valence-electron chi connectivity index (χ3n) is 8.75. The van der Waals surface area contributed by atoms with E-state index in [-0.39, 0.29) is 24.8 Å². The van der Waals surface area contributed by atoms with Gasteiger partial charge in [0.25, 0.3) is 11.8 Å². The normalized spacial score (nSPS) is 16.0. The Morgan fingerprint density at radius 1 is 0.936 bits per heavy atom. The van der Waals surface area contributed by atoms with E-state index >= 15 is 0 Å². The summed E-state index contributed by atoms with van der Waals surface area (Å²) in [6.45, 7) is 9.74. The predicted molar refractivity (Wildman–Crippen MR) is 183 cm³/mol. The Labute approximate surface area is 278 Å². The number of rotatable bonds is 16. The number of nitrogens with one attached hydrogen (secondary N) is 3. The standard InChI is InChI=1S/C38H50F2N4O3/c1-4-13-44(14-5-2)38(47)32-20-30(29-11-8-12-41-24-29)19-31(21-32)37(46)43-35(18-28-16-33(39)22-34(40)17-28)36(45)25-42-23-27-10-7-9-26(6-3)15-27/h7,9-10,15-17,19-22,29,35-36,41-42,45H,4-6,8,11-14,18,23-25H2,1-3H3,(H,43,46)/t29?,35-,36+/m0/s1. The number of aliphatic hydroxyl groups excluding tert-OH is 1. The van der Waals surface area contributed by atoms with Gasteiger partial charge in [0.2, 0.25) is 0 Å². The third kappa shape index (κ3) is 10.7. The lowest BCUT2D eigenvalue weighted by atomic mass is 9.89. The first kappa shape index (κ1) is 36.2. The highest BCUT2D eigenvalue weighted by atomic mass is 19.1. The van der Waals surface area contributed by atoms with E-state index < -0.39 is 29.7 Å². The van der Waals surface area contributed by atoms with Gasteiger partial charge in [0.15, 0.2) is 0 Å². The van der Waals surface area contributed by atoms with Crippen LogP contribution in [-0.4, -0.2) is 66.7 Å². The third-order valence-corrected chi connectivity index (χ3v) is 8.75. The van der Waals surface area contributed by atoms with Crippen molar-refractivity contribution in [3.63, 3.8) is 0 Å². The van der Waals surface area contributed by atoms with Crippen molar-refractivity contribution in [1.29, 1.82) is 0 Å². The molecule has 0 aliphatic carbocycles. The Morgan fingerprint density at radius 3 is 2.30 bits per heavy atom. The van der Waals surface area contributed by atoms with E-state index in [2.05, 4.69) is 35.0 Å². The summed E-state index contributed by atoms with van der Waals surface area (Å²) in [5.41, 5.74) is 4.28. The molecule has 1 aliphatic rings. The summed E-state index contributed by atoms with van der Waals surface area (Å²) in [4.78, 5) is 29.5. The molecule has 2 amide bonds. The molecule has 3 aromatic carbocycles. The number of hydrogen-bond acceptors (Lipinski definition) is 5. The van der Waals surface area contributed by atoms with Crippen LogP contribution in [0.5, 0.6) is 0 Å². The summed E-state index contributed by atoms with van der Waals surface area (Å²) in [6.07, 6.45) is 3.43. The molecule has 47 heavy (non-hydrogen) atoms. The van der Waals surface area contributed by atoms with E-state index in [0.29, 0.717) is 36.3 Å². The van der Waals surface area contributed by atoms with Crippen LogP contribution in [0.25, 0.3) is 0 Å². The monoisotopic (exact) mass is 648 g/mol. The van der Waals surface area contributed by atoms with E-state index in [4.69, 9.17) is 0 Å². The Morgan fingerprint density at radius 2 is 1.64 bits per heavy atom. The lowest BCUT2D eigenvalue weighted by Gasteiger charge is -2.27. The number of aliphatic hydroxyl groups is 1. The van der Waals surface area contributed by atoms with Crippen LogP contribution in [-0.2, 0) is 19.4 Å². The molecule has 1 fully saturated rings. The molecule has 9 heteroatoms. The fourth-order valence-corrected chi connectivity index (χ4v) is 6.30. The lowest BCUT2D eigenvalue weighted by Crippen LogP contribution is -2.48. The number of benzene rings is 3. The average molecular weight is 649 g/mol. The summed E-state index contributed by atoms with van der Waals surface area (Å²) < 4.78 is 28.3. The van der Waals surface area contributed by atoms with Crippen molar-refractivity contribution >= 4 is 11.8 Å². The minimum atomic E-state index is -1.07. The smallest absolute Gasteiger partial charge is 0.253 e. The second kappa shape index (κ2) is 18.0. The first-order chi connectivity index (χ1) is 22.7. The molecule has 7 nitrogen and oxygen atoms in total. The van der Waals surface area contributed by atoms with E-state index in [9.17, 15) is 23.5 Å². The molecular weight excluding hydrogens is 598 g/mol. The Kier molecular flexibility index (Phi) is 13.9. The summed E-state index contributed by atoms with van der Waals surface area (Å²) in [6, 6.07) is 15.9. The predicted octanol–water partition coefficient (Wildman–Crippen LogP) is 5.75. The SMILES string of the molecule is CCCN(CCC)C(=O)c1cc(C(=O)N[C@@H](Cc2cc(F)cc(F)c2)[C@H](O)CNCc2cccc(CC)c2)cc(C2CCCNC2)c1. The average Bonchev–Trinajstić information content (AvgIpc) is 3.07. The summed E-state index contributed by atoms with van der Waals surface area (Å²) in [5.74, 6) is -1.88. The topological polar surface area (TPSA) is 93.7 Å². The number of hydrogen-bond donors (Lipinski definition) is 4. The molecular formula is C38H50F2N4O3. The zero-order valence-electron chi connectivity index (χ0n) is 28.0. The maximum absolute atomic E-state index is 14.1. The molecule has 1 saturated heterocycles. The molecule has 3 atom stereocenters. The molecule has 4 N–H and O–H groups in total. The number of carbonyl (C=O) groups is 2. The van der Waals surface area contributed by atoms with Crippen LogP contribution in [0.1, 0.15) is 95.3 Å². The maximum atomic E-state index is 14.1. The zero-order chi connectivity index (χ0) is 33.8. The number of aryl methyl sites for hydroxylation is 1. The molecule has 3 aromatic rings. The molecule has 254 valence electrons. The first-order valence-electron chi connectivity index (χ1n) is 17.1. The van der Waals surface area contributed by atoms with Crippen molar-refractivity contribution in [2.24, 2.45) is 0 Å². The highest BCUT2D eigenvalue weighted by Crippen LogP contribution is 2.26. The van der Waals surface area contributed by atoms with Gasteiger partial charge < -0.3 is 26.0 Å². The highest BCUT2D eigenvalue weighted by molar-refractivity contribution is 6.00. The fourth-order valence-electron chi connectivity index (χ4n) is 6.30. The van der Waals surface area contributed by atoms with Gasteiger partial charge in [-0.25, -0.2) is 8.78 Å². The maximum Gasteiger partial charge on any atom is 0.253 e. The van der Waals surface area contributed by atoms with Gasteiger partial charge in [0.1, 0.15) is 11.6 Å². The molecule has 4 rings (SSSR count). The lowest BCUT2D eigenvalue weighted by molar-refractivity contribution is 0.0755. The van der Waals surface area contributed by atoms with E-state index in [0.717, 1.165) is 62.4 Å². The minimum absolute atomic E-state index is 0.00733. The minimum Gasteiger partial charge on any atom is -0.390 e. The molecule has 0 bridgehead atoms. The van der Waals surface area contributed by atoms with Crippen molar-refractivity contribution in [3.8, 4) is 0 Å². The Hall–Kier alpha value is -3.66. The van der Waals surface area contributed by atoms with Crippen molar-refractivity contribution in [1.82, 2.24) is 20.9 Å². The Balaban J connectivity index is 1.60. The molecule has 1 aliphatic heterocycles. The number of halogens is 2. The van der Waals surface area contributed by atoms with Gasteiger partial charge in [-0.3, -0.25) is 9.59 Å². The summed E-state index contributed by atoms with van der Waals surface area (Å²) >= 11 is 0. The first-order valence-corrected chi connectivity index (χ1v) is 17.1. The van der Waals surface area contributed by atoms with Gasteiger partial charge in [-0.1, -0.05) is 45.0 Å². The number of nitrogens with zero attached hydrogens (tertiary/aromatic N) is 1. The summed E-state index contributed by atoms with van der Waals surface area (Å²) in [7, 11) is 0. The fraction of sp³-hybridized carbons (Fsp3) is 0.474. The van der Waals surface area contributed by atoms with Crippen LogP contribution < -0.4 is 16.0 Å². The van der Waals surface area contributed by atoms with Crippen LogP contribution in [0.15, 0.2) is 60.7 Å². The number of piperidine rings is 1. The van der Waals surface area contributed by atoms with Crippen molar-refractivity contribution in [3.05, 3.63) is 106 Å². The quantitative estimate of drug-likeness (QED) is 0.159. The molecule has 1 heterocycles. The van der Waals surface area contributed by atoms with E-state index in [1.54, 1.807) is 6.07 Å². The van der Waals surface area contributed by atoms with Crippen LogP contribution in [0.2, 0.25) is 0 Å². The molecule has 0 radical (unpaired) electrons. The van der Waals surface area contributed by atoms with Gasteiger partial charge >= 0.3 is 0 Å². The molecule has 0 aromatic heterocycles. The van der Waals surface area contributed by atoms with Gasteiger partial charge in [-0.2, -0.15) is 0 Å². The van der Waals surface area contributed by atoms with Gasteiger partial charge in [0, 0.05) is 49.9 Å². The number of amides is 2. The van der Waals surface area contributed by atoms with E-state index in [1.807, 2.05) is 43.0 Å². The van der Waals surface area contributed by atoms with Crippen LogP contribution in [0.3, 0.4) is 0 Å². The number of carbonyl (C=O) groups excluding carboxylic acids is 2. The second-order valence-electron chi connectivity index (χ2n) is 12.6.